The Hall–Kier alpha value is -1.61. The standard InChI is InChI=1S/C15H15N3O2.Na/c1-9(2)10-4-3-5-13-11(6-10)12(7-16)15(18-13)17-8-14(19)20;/h3-6,9H,8H2,1-2H3,(H,17,18)(H,19,20);. The molecule has 0 aromatic heterocycles. The Morgan fingerprint density at radius 3 is 2.76 bits per heavy atom. The van der Waals surface area contributed by atoms with E-state index in [9.17, 15) is 10.1 Å². The molecular formula is C15H15N3NaO2. The van der Waals surface area contributed by atoms with E-state index in [-0.39, 0.29) is 36.1 Å². The zero-order valence-corrected chi connectivity index (χ0v) is 14.3. The van der Waals surface area contributed by atoms with Crippen LogP contribution in [0.25, 0.3) is 11.3 Å². The summed E-state index contributed by atoms with van der Waals surface area (Å²) in [5, 5.41) is 20.7. The van der Waals surface area contributed by atoms with Crippen molar-refractivity contribution in [2.45, 2.75) is 19.8 Å². The second kappa shape index (κ2) is 7.41. The van der Waals surface area contributed by atoms with Crippen LogP contribution in [-0.4, -0.2) is 52.2 Å². The van der Waals surface area contributed by atoms with Crippen LogP contribution >= 0.6 is 0 Å². The minimum absolute atomic E-state index is 0. The average Bonchev–Trinajstić information content (AvgIpc) is 2.57. The number of anilines is 1. The third-order valence-electron chi connectivity index (χ3n) is 3.05. The first kappa shape index (κ1) is 17.4. The van der Waals surface area contributed by atoms with Crippen molar-refractivity contribution in [3.63, 3.8) is 0 Å². The number of nitrogens with zero attached hydrogens (tertiary/aromatic N) is 2. The van der Waals surface area contributed by atoms with E-state index < -0.39 is 5.97 Å². The van der Waals surface area contributed by atoms with E-state index in [2.05, 4.69) is 30.2 Å². The van der Waals surface area contributed by atoms with Gasteiger partial charge < -0.3 is 10.4 Å². The van der Waals surface area contributed by atoms with Gasteiger partial charge in [-0.25, -0.2) is 4.98 Å². The fraction of sp³-hybridized carbons (Fsp3) is 0.267. The number of carbonyl (C=O) groups is 1. The molecule has 0 saturated heterocycles. The zero-order valence-electron chi connectivity index (χ0n) is 12.3. The first-order valence-corrected chi connectivity index (χ1v) is 6.32. The second-order valence-corrected chi connectivity index (χ2v) is 4.82. The van der Waals surface area contributed by atoms with E-state index in [0.717, 1.165) is 11.1 Å². The molecule has 2 rings (SSSR count). The van der Waals surface area contributed by atoms with Crippen molar-refractivity contribution in [3.05, 3.63) is 35.4 Å². The van der Waals surface area contributed by atoms with Crippen LogP contribution in [0.5, 0.6) is 0 Å². The van der Waals surface area contributed by atoms with Crippen LogP contribution < -0.4 is 5.32 Å². The number of aromatic nitrogens is 1. The van der Waals surface area contributed by atoms with Gasteiger partial charge in [0, 0.05) is 35.1 Å². The average molecular weight is 292 g/mol. The number of hydrogen-bond donors (Lipinski definition) is 2. The monoisotopic (exact) mass is 292 g/mol. The molecule has 0 fully saturated rings. The molecule has 2 aliphatic rings. The van der Waals surface area contributed by atoms with Gasteiger partial charge in [0.15, 0.2) is 0 Å². The van der Waals surface area contributed by atoms with Crippen molar-refractivity contribution in [2.24, 2.45) is 0 Å². The molecule has 0 amide bonds. The molecule has 103 valence electrons. The Labute approximate surface area is 145 Å². The first-order chi connectivity index (χ1) is 9.52. The Morgan fingerprint density at radius 2 is 2.19 bits per heavy atom. The molecule has 1 aliphatic carbocycles. The van der Waals surface area contributed by atoms with Crippen LogP contribution in [0.15, 0.2) is 24.3 Å². The SMILES string of the molecule is CC(C)c1cccc2nc(NCC(=O)O)c(C#N)c-2c1.[Na]. The number of fused-ring (bicyclic) bond motifs is 1. The van der Waals surface area contributed by atoms with Crippen LogP contribution in [0.1, 0.15) is 30.9 Å². The van der Waals surface area contributed by atoms with Gasteiger partial charge in [-0.2, -0.15) is 5.26 Å². The van der Waals surface area contributed by atoms with Gasteiger partial charge in [-0.05, 0) is 23.6 Å². The summed E-state index contributed by atoms with van der Waals surface area (Å²) in [6.45, 7) is 3.89. The van der Waals surface area contributed by atoms with Crippen molar-refractivity contribution in [1.82, 2.24) is 4.98 Å². The van der Waals surface area contributed by atoms with Crippen LogP contribution in [-0.2, 0) is 4.79 Å². The summed E-state index contributed by atoms with van der Waals surface area (Å²) in [6.07, 6.45) is 0. The van der Waals surface area contributed by atoms with Gasteiger partial charge in [0.25, 0.3) is 0 Å². The molecule has 0 spiro atoms. The van der Waals surface area contributed by atoms with Crippen LogP contribution in [0, 0.1) is 11.3 Å². The Balaban J connectivity index is 0.00000220. The van der Waals surface area contributed by atoms with E-state index in [1.165, 1.54) is 0 Å². The first-order valence-electron chi connectivity index (χ1n) is 6.32. The maximum Gasteiger partial charge on any atom is 0.322 e. The quantitative estimate of drug-likeness (QED) is 0.844. The van der Waals surface area contributed by atoms with Gasteiger partial charge in [-0.3, -0.25) is 4.79 Å². The Kier molecular flexibility index (Phi) is 6.16. The van der Waals surface area contributed by atoms with E-state index in [1.807, 2.05) is 24.3 Å². The largest absolute Gasteiger partial charge is 0.480 e. The smallest absolute Gasteiger partial charge is 0.322 e. The number of nitriles is 1. The number of carboxylic acid groups (broad SMARTS) is 1. The molecule has 1 radical (unpaired) electrons. The molecule has 5 nitrogen and oxygen atoms in total. The predicted molar refractivity (Wildman–Crippen MR) is 81.5 cm³/mol. The molecule has 1 heterocycles. The molecule has 0 unspecified atom stereocenters. The number of nitrogens with one attached hydrogen (secondary N) is 1. The van der Waals surface area contributed by atoms with Gasteiger partial charge in [0.2, 0.25) is 0 Å². The molecule has 0 aromatic rings. The van der Waals surface area contributed by atoms with E-state index in [4.69, 9.17) is 5.11 Å². The summed E-state index contributed by atoms with van der Waals surface area (Å²) in [5.41, 5.74) is 2.92. The molecule has 0 aromatic carbocycles. The zero-order chi connectivity index (χ0) is 14.7. The number of aliphatic carboxylic acids is 1. The van der Waals surface area contributed by atoms with Gasteiger partial charge in [-0.15, -0.1) is 0 Å². The summed E-state index contributed by atoms with van der Waals surface area (Å²) in [5.74, 6) is -0.331. The van der Waals surface area contributed by atoms with Gasteiger partial charge in [0.1, 0.15) is 24.0 Å². The van der Waals surface area contributed by atoms with Crippen LogP contribution in [0.2, 0.25) is 0 Å². The summed E-state index contributed by atoms with van der Waals surface area (Å²) >= 11 is 0. The van der Waals surface area contributed by atoms with Crippen LogP contribution in [0.3, 0.4) is 0 Å². The minimum Gasteiger partial charge on any atom is -0.480 e. The van der Waals surface area contributed by atoms with Gasteiger partial charge >= 0.3 is 5.97 Å². The predicted octanol–water partition coefficient (Wildman–Crippen LogP) is 2.30. The molecule has 0 atom stereocenters. The Bertz CT molecular complexity index is 665. The van der Waals surface area contributed by atoms with Crippen molar-refractivity contribution in [1.29, 1.82) is 5.26 Å². The summed E-state index contributed by atoms with van der Waals surface area (Å²) in [6, 6.07) is 9.77. The van der Waals surface area contributed by atoms with Crippen LogP contribution in [0.4, 0.5) is 5.82 Å². The van der Waals surface area contributed by atoms with Crippen molar-refractivity contribution in [2.75, 3.05) is 11.9 Å². The normalized spacial score (nSPS) is 10.0. The van der Waals surface area contributed by atoms with E-state index >= 15 is 0 Å². The number of rotatable bonds is 4. The number of hydrogen-bond acceptors (Lipinski definition) is 4. The fourth-order valence-electron chi connectivity index (χ4n) is 1.99. The molecule has 0 saturated carbocycles. The topological polar surface area (TPSA) is 86.0 Å². The molecule has 21 heavy (non-hydrogen) atoms. The van der Waals surface area contributed by atoms with E-state index in [1.54, 1.807) is 0 Å². The minimum atomic E-state index is -0.991. The van der Waals surface area contributed by atoms with Crippen molar-refractivity contribution < 1.29 is 9.90 Å². The molecule has 1 aliphatic heterocycles. The summed E-state index contributed by atoms with van der Waals surface area (Å²) in [4.78, 5) is 14.9. The molecule has 2 N–H and O–H groups in total. The second-order valence-electron chi connectivity index (χ2n) is 4.82. The van der Waals surface area contributed by atoms with Gasteiger partial charge in [0.05, 0.1) is 5.69 Å². The Morgan fingerprint density at radius 1 is 1.48 bits per heavy atom. The van der Waals surface area contributed by atoms with Crippen molar-refractivity contribution in [3.8, 4) is 17.3 Å². The molecule has 0 bridgehead atoms. The van der Waals surface area contributed by atoms with E-state index in [0.29, 0.717) is 23.0 Å². The molecule has 6 heteroatoms. The molecular weight excluding hydrogens is 277 g/mol. The van der Waals surface area contributed by atoms with Gasteiger partial charge in [-0.1, -0.05) is 26.0 Å². The summed E-state index contributed by atoms with van der Waals surface area (Å²) in [7, 11) is 0. The maximum absolute atomic E-state index is 10.6. The maximum atomic E-state index is 10.6. The van der Waals surface area contributed by atoms with Crippen molar-refractivity contribution >= 4 is 41.3 Å². The fourth-order valence-corrected chi connectivity index (χ4v) is 1.99. The third kappa shape index (κ3) is 3.94. The number of carboxylic acids is 1. The summed E-state index contributed by atoms with van der Waals surface area (Å²) < 4.78 is 0. The third-order valence-corrected chi connectivity index (χ3v) is 3.05.